The molecule has 3 rings (SSSR count). The summed E-state index contributed by atoms with van der Waals surface area (Å²) in [7, 11) is 0. The molecule has 0 radical (unpaired) electrons. The lowest BCUT2D eigenvalue weighted by Crippen LogP contribution is -2.06. The lowest BCUT2D eigenvalue weighted by Gasteiger charge is -2.07. The minimum Gasteiger partial charge on any atom is -0.466 e. The Labute approximate surface area is 129 Å². The van der Waals surface area contributed by atoms with E-state index in [2.05, 4.69) is 15.3 Å². The third-order valence-corrected chi connectivity index (χ3v) is 3.08. The Morgan fingerprint density at radius 3 is 2.73 bits per heavy atom. The van der Waals surface area contributed by atoms with Gasteiger partial charge in [0.05, 0.1) is 0 Å². The first-order chi connectivity index (χ1) is 10.8. The maximum atomic E-state index is 5.68. The number of para-hydroxylation sites is 1. The number of rotatable bonds is 6. The molecule has 3 aromatic rings. The van der Waals surface area contributed by atoms with E-state index in [1.807, 2.05) is 49.4 Å². The predicted molar refractivity (Wildman–Crippen MR) is 84.2 cm³/mol. The lowest BCUT2D eigenvalue weighted by atomic mass is 10.3. The molecule has 5 heteroatoms. The number of hydrogen-bond acceptors (Lipinski definition) is 5. The zero-order valence-electron chi connectivity index (χ0n) is 12.3. The minimum atomic E-state index is 0.512. The van der Waals surface area contributed by atoms with E-state index in [4.69, 9.17) is 9.15 Å². The summed E-state index contributed by atoms with van der Waals surface area (Å²) in [4.78, 5) is 8.30. The quantitative estimate of drug-likeness (QED) is 0.749. The number of aromatic nitrogens is 2. The largest absolute Gasteiger partial charge is 0.466 e. The summed E-state index contributed by atoms with van der Waals surface area (Å²) in [5.74, 6) is 3.87. The van der Waals surface area contributed by atoms with Gasteiger partial charge < -0.3 is 14.5 Å². The topological polar surface area (TPSA) is 60.2 Å². The number of anilines is 1. The zero-order chi connectivity index (χ0) is 15.2. The van der Waals surface area contributed by atoms with Crippen molar-refractivity contribution in [3.8, 4) is 11.6 Å². The Balaban J connectivity index is 1.57. The van der Waals surface area contributed by atoms with Crippen molar-refractivity contribution in [3.05, 3.63) is 66.4 Å². The van der Waals surface area contributed by atoms with E-state index in [0.29, 0.717) is 5.88 Å². The number of nitrogens with zero attached hydrogens (tertiary/aromatic N) is 2. The van der Waals surface area contributed by atoms with Gasteiger partial charge in [-0.3, -0.25) is 0 Å². The van der Waals surface area contributed by atoms with E-state index in [-0.39, 0.29) is 0 Å². The van der Waals surface area contributed by atoms with Crippen LogP contribution >= 0.6 is 0 Å². The van der Waals surface area contributed by atoms with Crippen LogP contribution in [0.1, 0.15) is 11.5 Å². The molecule has 0 unspecified atom stereocenters. The van der Waals surface area contributed by atoms with Crippen molar-refractivity contribution in [1.29, 1.82) is 0 Å². The standard InChI is InChI=1S/C17H17N3O2/c1-13-7-8-15(21-13)9-10-18-16-11-17(20-12-19-16)22-14-5-3-2-4-6-14/h2-8,11-12H,9-10H2,1H3,(H,18,19,20). The van der Waals surface area contributed by atoms with Gasteiger partial charge in [-0.1, -0.05) is 18.2 Å². The SMILES string of the molecule is Cc1ccc(CCNc2cc(Oc3ccccc3)ncn2)o1. The van der Waals surface area contributed by atoms with Gasteiger partial charge in [0, 0.05) is 19.0 Å². The normalized spacial score (nSPS) is 10.4. The molecule has 1 N–H and O–H groups in total. The molecule has 0 bridgehead atoms. The van der Waals surface area contributed by atoms with Crippen LogP contribution in [0.3, 0.4) is 0 Å². The molecule has 0 aliphatic rings. The maximum Gasteiger partial charge on any atom is 0.224 e. The third-order valence-electron chi connectivity index (χ3n) is 3.08. The van der Waals surface area contributed by atoms with Crippen LogP contribution in [0.4, 0.5) is 5.82 Å². The van der Waals surface area contributed by atoms with E-state index in [9.17, 15) is 0 Å². The van der Waals surface area contributed by atoms with Gasteiger partial charge in [0.2, 0.25) is 5.88 Å². The van der Waals surface area contributed by atoms with E-state index in [0.717, 1.165) is 36.1 Å². The van der Waals surface area contributed by atoms with Gasteiger partial charge in [-0.15, -0.1) is 0 Å². The average molecular weight is 295 g/mol. The zero-order valence-corrected chi connectivity index (χ0v) is 12.3. The summed E-state index contributed by atoms with van der Waals surface area (Å²) >= 11 is 0. The van der Waals surface area contributed by atoms with Crippen molar-refractivity contribution in [3.63, 3.8) is 0 Å². The molecule has 2 aromatic heterocycles. The van der Waals surface area contributed by atoms with Crippen LogP contribution in [0, 0.1) is 6.92 Å². The molecule has 0 atom stereocenters. The smallest absolute Gasteiger partial charge is 0.224 e. The molecular formula is C17H17N3O2. The van der Waals surface area contributed by atoms with Crippen molar-refractivity contribution in [2.75, 3.05) is 11.9 Å². The Hall–Kier alpha value is -2.82. The molecule has 0 amide bonds. The van der Waals surface area contributed by atoms with Crippen molar-refractivity contribution < 1.29 is 9.15 Å². The molecule has 1 aromatic carbocycles. The predicted octanol–water partition coefficient (Wildman–Crippen LogP) is 3.82. The van der Waals surface area contributed by atoms with Crippen LogP contribution in [0.2, 0.25) is 0 Å². The highest BCUT2D eigenvalue weighted by molar-refractivity contribution is 5.38. The molecule has 0 aliphatic heterocycles. The average Bonchev–Trinajstić information content (AvgIpc) is 2.94. The molecule has 0 spiro atoms. The van der Waals surface area contributed by atoms with Crippen molar-refractivity contribution in [1.82, 2.24) is 9.97 Å². The van der Waals surface area contributed by atoms with E-state index < -0.39 is 0 Å². The number of aryl methyl sites for hydroxylation is 1. The summed E-state index contributed by atoms with van der Waals surface area (Å²) < 4.78 is 11.2. The highest BCUT2D eigenvalue weighted by atomic mass is 16.5. The minimum absolute atomic E-state index is 0.512. The Morgan fingerprint density at radius 1 is 1.09 bits per heavy atom. The van der Waals surface area contributed by atoms with Crippen molar-refractivity contribution in [2.24, 2.45) is 0 Å². The van der Waals surface area contributed by atoms with Gasteiger partial charge in [0.15, 0.2) is 0 Å². The number of benzene rings is 1. The molecule has 5 nitrogen and oxygen atoms in total. The van der Waals surface area contributed by atoms with E-state index in [1.54, 1.807) is 6.07 Å². The molecule has 0 aliphatic carbocycles. The first-order valence-corrected chi connectivity index (χ1v) is 7.14. The van der Waals surface area contributed by atoms with Crippen LogP contribution in [0.15, 0.2) is 59.3 Å². The fourth-order valence-electron chi connectivity index (χ4n) is 2.03. The van der Waals surface area contributed by atoms with E-state index in [1.165, 1.54) is 6.33 Å². The third kappa shape index (κ3) is 3.85. The van der Waals surface area contributed by atoms with Crippen LogP contribution in [0.5, 0.6) is 11.6 Å². The molecule has 0 saturated carbocycles. The summed E-state index contributed by atoms with van der Waals surface area (Å²) in [6.45, 7) is 2.67. The number of nitrogens with one attached hydrogen (secondary N) is 1. The molecule has 0 saturated heterocycles. The van der Waals surface area contributed by atoms with Crippen LogP contribution in [-0.4, -0.2) is 16.5 Å². The van der Waals surface area contributed by atoms with Crippen LogP contribution < -0.4 is 10.1 Å². The second kappa shape index (κ2) is 6.76. The van der Waals surface area contributed by atoms with Gasteiger partial charge in [-0.05, 0) is 31.2 Å². The highest BCUT2D eigenvalue weighted by Gasteiger charge is 2.02. The Bertz CT molecular complexity index is 726. The molecule has 112 valence electrons. The highest BCUT2D eigenvalue weighted by Crippen LogP contribution is 2.20. The fourth-order valence-corrected chi connectivity index (χ4v) is 2.03. The second-order valence-corrected chi connectivity index (χ2v) is 4.85. The molecular weight excluding hydrogens is 278 g/mol. The lowest BCUT2D eigenvalue weighted by molar-refractivity contribution is 0.462. The van der Waals surface area contributed by atoms with Gasteiger partial charge in [0.25, 0.3) is 0 Å². The Morgan fingerprint density at radius 2 is 1.95 bits per heavy atom. The second-order valence-electron chi connectivity index (χ2n) is 4.85. The maximum absolute atomic E-state index is 5.68. The molecule has 2 heterocycles. The first-order valence-electron chi connectivity index (χ1n) is 7.14. The van der Waals surface area contributed by atoms with Gasteiger partial charge in [-0.2, -0.15) is 0 Å². The van der Waals surface area contributed by atoms with Gasteiger partial charge in [0.1, 0.15) is 29.4 Å². The summed E-state index contributed by atoms with van der Waals surface area (Å²) in [6, 6.07) is 15.3. The monoisotopic (exact) mass is 295 g/mol. The van der Waals surface area contributed by atoms with Crippen molar-refractivity contribution >= 4 is 5.82 Å². The fraction of sp³-hybridized carbons (Fsp3) is 0.176. The number of furan rings is 1. The molecule has 0 fully saturated rings. The summed E-state index contributed by atoms with van der Waals surface area (Å²) in [5.41, 5.74) is 0. The van der Waals surface area contributed by atoms with Crippen LogP contribution in [0.25, 0.3) is 0 Å². The number of ether oxygens (including phenoxy) is 1. The Kier molecular flexibility index (Phi) is 4.34. The van der Waals surface area contributed by atoms with E-state index >= 15 is 0 Å². The van der Waals surface area contributed by atoms with Gasteiger partial charge in [-0.25, -0.2) is 9.97 Å². The summed E-state index contributed by atoms with van der Waals surface area (Å²) in [6.07, 6.45) is 2.28. The number of hydrogen-bond donors (Lipinski definition) is 1. The van der Waals surface area contributed by atoms with Crippen molar-refractivity contribution in [2.45, 2.75) is 13.3 Å². The summed E-state index contributed by atoms with van der Waals surface area (Å²) in [5, 5.41) is 3.24. The van der Waals surface area contributed by atoms with Crippen LogP contribution in [-0.2, 0) is 6.42 Å². The molecule has 22 heavy (non-hydrogen) atoms. The van der Waals surface area contributed by atoms with Gasteiger partial charge >= 0.3 is 0 Å². The first kappa shape index (κ1) is 14.1.